The molecule has 0 spiro atoms. The number of hydrogen-bond acceptors (Lipinski definition) is 8. The van der Waals surface area contributed by atoms with E-state index >= 15 is 0 Å². The summed E-state index contributed by atoms with van der Waals surface area (Å²) in [7, 11) is 0. The molecule has 0 saturated carbocycles. The fourth-order valence-electron chi connectivity index (χ4n) is 2.63. The van der Waals surface area contributed by atoms with Crippen LogP contribution in [0.4, 0.5) is 0 Å². The summed E-state index contributed by atoms with van der Waals surface area (Å²) in [5.41, 5.74) is 0.587. The number of ether oxygens (including phenoxy) is 3. The molecule has 0 bridgehead atoms. The summed E-state index contributed by atoms with van der Waals surface area (Å²) in [6.45, 7) is 7.58. The van der Waals surface area contributed by atoms with E-state index in [-0.39, 0.29) is 12.4 Å². The van der Waals surface area contributed by atoms with E-state index in [0.717, 1.165) is 16.1 Å². The molecular weight excluding hydrogens is 404 g/mol. The number of phenolic OH excluding ortho intramolecular Hbond substituents is 1. The Kier molecular flexibility index (Phi) is 6.56. The zero-order valence-electron chi connectivity index (χ0n) is 17.3. The van der Waals surface area contributed by atoms with Gasteiger partial charge in [0.25, 0.3) is 0 Å². The molecule has 2 aromatic carbocycles. The minimum absolute atomic E-state index is 0.200. The molecule has 0 unspecified atom stereocenters. The molecule has 1 N–H and O–H groups in total. The van der Waals surface area contributed by atoms with Gasteiger partial charge in [-0.1, -0.05) is 0 Å². The lowest BCUT2D eigenvalue weighted by molar-refractivity contribution is -0.158. The van der Waals surface area contributed by atoms with Crippen LogP contribution in [0.1, 0.15) is 31.3 Å². The number of phenols is 1. The quantitative estimate of drug-likeness (QED) is 0.528. The third kappa shape index (κ3) is 5.27. The lowest BCUT2D eigenvalue weighted by atomic mass is 10.1. The molecule has 0 aliphatic carbocycles. The zero-order valence-corrected chi connectivity index (χ0v) is 18.2. The summed E-state index contributed by atoms with van der Waals surface area (Å²) >= 11 is 1.27. The highest BCUT2D eigenvalue weighted by Crippen LogP contribution is 2.28. The van der Waals surface area contributed by atoms with Crippen LogP contribution in [-0.2, 0) is 16.1 Å². The van der Waals surface area contributed by atoms with Gasteiger partial charge in [0.15, 0.2) is 16.4 Å². The number of nitrogens with zero attached hydrogens (tertiary/aromatic N) is 2. The van der Waals surface area contributed by atoms with Crippen LogP contribution in [0.25, 0.3) is 11.4 Å². The molecule has 0 aliphatic rings. The molecule has 1 heterocycles. The van der Waals surface area contributed by atoms with E-state index in [4.69, 9.17) is 14.2 Å². The number of benzene rings is 2. The van der Waals surface area contributed by atoms with Gasteiger partial charge >= 0.3 is 5.97 Å². The Labute approximate surface area is 179 Å². The maximum Gasteiger partial charge on any atom is 0.349 e. The number of carbonyl (C=O) groups excluding carboxylic acids is 1. The Hall–Kier alpha value is -3.13. The normalized spacial score (nSPS) is 11.2. The van der Waals surface area contributed by atoms with Crippen LogP contribution in [0, 0.1) is 6.92 Å². The highest BCUT2D eigenvalue weighted by molar-refractivity contribution is 7.05. The summed E-state index contributed by atoms with van der Waals surface area (Å²) < 4.78 is 21.1. The van der Waals surface area contributed by atoms with Crippen LogP contribution in [0.15, 0.2) is 42.5 Å². The Balaban J connectivity index is 1.62. The van der Waals surface area contributed by atoms with Gasteiger partial charge < -0.3 is 19.3 Å². The van der Waals surface area contributed by atoms with Gasteiger partial charge in [0.05, 0.1) is 6.61 Å². The van der Waals surface area contributed by atoms with Gasteiger partial charge in [-0.05, 0) is 87.3 Å². The first-order chi connectivity index (χ1) is 14.3. The first-order valence-corrected chi connectivity index (χ1v) is 10.3. The molecule has 0 radical (unpaired) electrons. The maximum atomic E-state index is 12.0. The molecular formula is C22H24N2O5S. The molecule has 0 fully saturated rings. The average Bonchev–Trinajstić information content (AvgIpc) is 3.18. The van der Waals surface area contributed by atoms with Crippen LogP contribution in [0.3, 0.4) is 0 Å². The number of rotatable bonds is 8. The molecule has 0 saturated heterocycles. The van der Waals surface area contributed by atoms with Gasteiger partial charge in [-0.25, -0.2) is 9.78 Å². The van der Waals surface area contributed by atoms with E-state index in [0.29, 0.717) is 23.9 Å². The van der Waals surface area contributed by atoms with Gasteiger partial charge in [-0.3, -0.25) is 0 Å². The van der Waals surface area contributed by atoms with E-state index in [1.165, 1.54) is 11.5 Å². The smallest absolute Gasteiger partial charge is 0.349 e. The second kappa shape index (κ2) is 9.13. The number of esters is 1. The summed E-state index contributed by atoms with van der Waals surface area (Å²) in [6, 6.07) is 12.1. The van der Waals surface area contributed by atoms with Crippen LogP contribution < -0.4 is 9.47 Å². The van der Waals surface area contributed by atoms with Crippen molar-refractivity contribution in [3.05, 3.63) is 53.0 Å². The van der Waals surface area contributed by atoms with Crippen molar-refractivity contribution in [2.75, 3.05) is 6.61 Å². The second-order valence-electron chi connectivity index (χ2n) is 7.11. The minimum Gasteiger partial charge on any atom is -0.508 e. The zero-order chi connectivity index (χ0) is 21.7. The summed E-state index contributed by atoms with van der Waals surface area (Å²) in [6.07, 6.45) is 0. The Morgan fingerprint density at radius 2 is 1.90 bits per heavy atom. The molecule has 3 rings (SSSR count). The van der Waals surface area contributed by atoms with Crippen LogP contribution in [0.5, 0.6) is 17.2 Å². The lowest BCUT2D eigenvalue weighted by Gasteiger charge is -2.25. The largest absolute Gasteiger partial charge is 0.508 e. The standard InChI is InChI=1S/C22H24N2O5S/c1-5-27-21(26)22(3,4)29-18-11-10-17(12-14(18)2)28-13-19-23-20(24-30-19)15-6-8-16(25)9-7-15/h6-12,25H,5,13H2,1-4H3. The number of hydrogen-bond donors (Lipinski definition) is 1. The number of aromatic hydroxyl groups is 1. The molecule has 0 atom stereocenters. The second-order valence-corrected chi connectivity index (χ2v) is 7.94. The molecule has 0 amide bonds. The van der Waals surface area contributed by atoms with Crippen molar-refractivity contribution < 1.29 is 24.1 Å². The van der Waals surface area contributed by atoms with Crippen LogP contribution >= 0.6 is 11.5 Å². The Morgan fingerprint density at radius 1 is 1.17 bits per heavy atom. The third-order valence-electron chi connectivity index (χ3n) is 4.23. The van der Waals surface area contributed by atoms with Crippen LogP contribution in [0.2, 0.25) is 0 Å². The van der Waals surface area contributed by atoms with Crippen molar-refractivity contribution in [3.8, 4) is 28.6 Å². The van der Waals surface area contributed by atoms with Crippen molar-refractivity contribution in [2.24, 2.45) is 0 Å². The highest BCUT2D eigenvalue weighted by Gasteiger charge is 2.32. The lowest BCUT2D eigenvalue weighted by Crippen LogP contribution is -2.39. The van der Waals surface area contributed by atoms with E-state index in [1.54, 1.807) is 57.2 Å². The van der Waals surface area contributed by atoms with Gasteiger partial charge in [0.2, 0.25) is 0 Å². The topological polar surface area (TPSA) is 90.8 Å². The molecule has 8 heteroatoms. The van der Waals surface area contributed by atoms with Crippen LogP contribution in [-0.4, -0.2) is 32.6 Å². The summed E-state index contributed by atoms with van der Waals surface area (Å²) in [4.78, 5) is 16.5. The summed E-state index contributed by atoms with van der Waals surface area (Å²) in [5, 5.41) is 10.1. The summed E-state index contributed by atoms with van der Waals surface area (Å²) in [5.74, 6) is 1.64. The molecule has 3 aromatic rings. The molecule has 0 aliphatic heterocycles. The van der Waals surface area contributed by atoms with Crippen molar-refractivity contribution in [1.82, 2.24) is 9.36 Å². The Morgan fingerprint density at radius 3 is 2.57 bits per heavy atom. The van der Waals surface area contributed by atoms with Crippen molar-refractivity contribution in [1.29, 1.82) is 0 Å². The predicted molar refractivity (Wildman–Crippen MR) is 114 cm³/mol. The molecule has 7 nitrogen and oxygen atoms in total. The fourth-order valence-corrected chi connectivity index (χ4v) is 3.21. The van der Waals surface area contributed by atoms with E-state index in [2.05, 4.69) is 9.36 Å². The molecule has 30 heavy (non-hydrogen) atoms. The number of carbonyl (C=O) groups is 1. The highest BCUT2D eigenvalue weighted by atomic mass is 32.1. The van der Waals surface area contributed by atoms with Gasteiger partial charge in [-0.15, -0.1) is 0 Å². The number of aryl methyl sites for hydroxylation is 1. The SMILES string of the molecule is CCOC(=O)C(C)(C)Oc1ccc(OCc2nc(-c3ccc(O)cc3)ns2)cc1C. The minimum atomic E-state index is -1.08. The van der Waals surface area contributed by atoms with Gasteiger partial charge in [0, 0.05) is 5.56 Å². The first kappa shape index (κ1) is 21.6. The van der Waals surface area contributed by atoms with E-state index < -0.39 is 11.6 Å². The van der Waals surface area contributed by atoms with Gasteiger partial charge in [-0.2, -0.15) is 4.37 Å². The van der Waals surface area contributed by atoms with E-state index in [9.17, 15) is 9.90 Å². The number of aromatic nitrogens is 2. The molecule has 158 valence electrons. The predicted octanol–water partition coefficient (Wildman–Crippen LogP) is 4.52. The van der Waals surface area contributed by atoms with Crippen molar-refractivity contribution in [3.63, 3.8) is 0 Å². The van der Waals surface area contributed by atoms with Crippen molar-refractivity contribution in [2.45, 2.75) is 39.9 Å². The monoisotopic (exact) mass is 428 g/mol. The average molecular weight is 429 g/mol. The van der Waals surface area contributed by atoms with Gasteiger partial charge in [0.1, 0.15) is 23.9 Å². The third-order valence-corrected chi connectivity index (χ3v) is 4.92. The van der Waals surface area contributed by atoms with Crippen molar-refractivity contribution >= 4 is 17.5 Å². The molecule has 1 aromatic heterocycles. The maximum absolute atomic E-state index is 12.0. The van der Waals surface area contributed by atoms with E-state index in [1.807, 2.05) is 13.0 Å². The Bertz CT molecular complexity index is 1010. The first-order valence-electron chi connectivity index (χ1n) is 9.50. The fraction of sp³-hybridized carbons (Fsp3) is 0.318.